The van der Waals surface area contributed by atoms with Crippen LogP contribution in [0.3, 0.4) is 0 Å². The quantitative estimate of drug-likeness (QED) is 0.562. The van der Waals surface area contributed by atoms with E-state index in [0.29, 0.717) is 0 Å². The topological polar surface area (TPSA) is 9.23 Å². The van der Waals surface area contributed by atoms with Crippen LogP contribution in [0, 0.1) is 0 Å². The molecule has 0 spiro atoms. The maximum Gasteiger partial charge on any atom is 0.309 e. The predicted molar refractivity (Wildman–Crippen MR) is 45.7 cm³/mol. The second-order valence-electron chi connectivity index (χ2n) is 2.41. The van der Waals surface area contributed by atoms with Crippen molar-refractivity contribution in [2.75, 3.05) is 0 Å². The van der Waals surface area contributed by atoms with Crippen molar-refractivity contribution in [3.8, 4) is 0 Å². The lowest BCUT2D eigenvalue weighted by Crippen LogP contribution is -2.10. The lowest BCUT2D eigenvalue weighted by molar-refractivity contribution is 0.345. The first-order valence-electron chi connectivity index (χ1n) is 3.21. The molecular weight excluding hydrogens is 191 g/mol. The molecule has 50 valence electrons. The first-order chi connectivity index (χ1) is 4.86. The number of fused-ring (bicyclic) bond motifs is 1. The minimum Gasteiger partial charge on any atom is -0.430 e. The standard InChI is InChI=1S/C7H6BBrO/c9-6-1-2-7-5(3-6)4-10-8-7/h1-3,8H,4H2. The number of halogens is 1. The normalized spacial score (nSPS) is 14.5. The molecule has 10 heavy (non-hydrogen) atoms. The van der Waals surface area contributed by atoms with E-state index in [1.54, 1.807) is 0 Å². The fourth-order valence-corrected chi connectivity index (χ4v) is 1.55. The van der Waals surface area contributed by atoms with Gasteiger partial charge in [0.25, 0.3) is 0 Å². The Morgan fingerprint density at radius 1 is 1.50 bits per heavy atom. The van der Waals surface area contributed by atoms with Crippen molar-refractivity contribution >= 4 is 28.9 Å². The van der Waals surface area contributed by atoms with E-state index in [2.05, 4.69) is 28.1 Å². The van der Waals surface area contributed by atoms with E-state index in [-0.39, 0.29) is 0 Å². The Hall–Kier alpha value is -0.275. The van der Waals surface area contributed by atoms with Crippen molar-refractivity contribution < 1.29 is 4.65 Å². The van der Waals surface area contributed by atoms with Gasteiger partial charge in [-0.15, -0.1) is 0 Å². The van der Waals surface area contributed by atoms with Crippen molar-refractivity contribution in [1.29, 1.82) is 0 Å². The summed E-state index contributed by atoms with van der Waals surface area (Å²) in [5, 5.41) is 0. The summed E-state index contributed by atoms with van der Waals surface area (Å²) in [6, 6.07) is 6.27. The Labute approximate surface area is 68.8 Å². The Balaban J connectivity index is 2.52. The highest BCUT2D eigenvalue weighted by Crippen LogP contribution is 2.13. The van der Waals surface area contributed by atoms with Gasteiger partial charge in [-0.25, -0.2) is 0 Å². The van der Waals surface area contributed by atoms with Crippen molar-refractivity contribution in [2.45, 2.75) is 6.61 Å². The van der Waals surface area contributed by atoms with E-state index < -0.39 is 0 Å². The molecule has 0 bridgehead atoms. The highest BCUT2D eigenvalue weighted by atomic mass is 79.9. The molecule has 0 atom stereocenters. The van der Waals surface area contributed by atoms with Gasteiger partial charge in [0.05, 0.1) is 6.61 Å². The van der Waals surface area contributed by atoms with Crippen LogP contribution < -0.4 is 5.46 Å². The molecule has 0 aliphatic carbocycles. The van der Waals surface area contributed by atoms with Gasteiger partial charge in [0.15, 0.2) is 0 Å². The monoisotopic (exact) mass is 196 g/mol. The Kier molecular flexibility index (Phi) is 1.55. The van der Waals surface area contributed by atoms with E-state index in [4.69, 9.17) is 4.65 Å². The zero-order valence-corrected chi connectivity index (χ0v) is 7.02. The summed E-state index contributed by atoms with van der Waals surface area (Å²) >= 11 is 3.41. The molecule has 0 saturated carbocycles. The molecule has 0 aromatic heterocycles. The summed E-state index contributed by atoms with van der Waals surface area (Å²) in [5.41, 5.74) is 2.64. The molecule has 1 aliphatic heterocycles. The zero-order chi connectivity index (χ0) is 6.97. The third kappa shape index (κ3) is 0.996. The molecule has 1 aromatic carbocycles. The van der Waals surface area contributed by atoms with Gasteiger partial charge >= 0.3 is 7.48 Å². The molecule has 2 rings (SSSR count). The molecule has 1 aromatic rings. The van der Waals surface area contributed by atoms with E-state index in [0.717, 1.165) is 18.6 Å². The average Bonchev–Trinajstić information content (AvgIpc) is 2.33. The van der Waals surface area contributed by atoms with Crippen molar-refractivity contribution in [1.82, 2.24) is 0 Å². The largest absolute Gasteiger partial charge is 0.430 e. The van der Waals surface area contributed by atoms with Crippen LogP contribution in [0.5, 0.6) is 0 Å². The van der Waals surface area contributed by atoms with Crippen molar-refractivity contribution in [3.63, 3.8) is 0 Å². The van der Waals surface area contributed by atoms with Crippen molar-refractivity contribution in [3.05, 3.63) is 28.2 Å². The number of hydrogen-bond donors (Lipinski definition) is 0. The van der Waals surface area contributed by atoms with Crippen LogP contribution in [0.4, 0.5) is 0 Å². The molecule has 1 heterocycles. The molecule has 0 radical (unpaired) electrons. The smallest absolute Gasteiger partial charge is 0.309 e. The molecule has 0 amide bonds. The first kappa shape index (κ1) is 6.44. The summed E-state index contributed by atoms with van der Waals surface area (Å²) in [7, 11) is 0.780. The van der Waals surface area contributed by atoms with Gasteiger partial charge in [-0.2, -0.15) is 0 Å². The Bertz CT molecular complexity index is 262. The maximum atomic E-state index is 5.25. The average molecular weight is 197 g/mol. The lowest BCUT2D eigenvalue weighted by atomic mass is 9.88. The lowest BCUT2D eigenvalue weighted by Gasteiger charge is -1.95. The van der Waals surface area contributed by atoms with E-state index in [9.17, 15) is 0 Å². The van der Waals surface area contributed by atoms with Crippen LogP contribution in [0.15, 0.2) is 22.7 Å². The van der Waals surface area contributed by atoms with Crippen LogP contribution in [0.2, 0.25) is 0 Å². The number of rotatable bonds is 0. The summed E-state index contributed by atoms with van der Waals surface area (Å²) < 4.78 is 6.38. The minimum atomic E-state index is 0.773. The van der Waals surface area contributed by atoms with E-state index in [1.165, 1.54) is 11.0 Å². The van der Waals surface area contributed by atoms with Gasteiger partial charge in [-0.3, -0.25) is 0 Å². The first-order valence-corrected chi connectivity index (χ1v) is 4.00. The summed E-state index contributed by atoms with van der Waals surface area (Å²) in [5.74, 6) is 0. The molecular formula is C7H6BBrO. The fourth-order valence-electron chi connectivity index (χ4n) is 1.14. The van der Waals surface area contributed by atoms with E-state index in [1.807, 2.05) is 6.07 Å². The van der Waals surface area contributed by atoms with Crippen LogP contribution in [-0.2, 0) is 11.3 Å². The minimum absolute atomic E-state index is 0.773. The van der Waals surface area contributed by atoms with Gasteiger partial charge in [0.1, 0.15) is 0 Å². The molecule has 0 fully saturated rings. The summed E-state index contributed by atoms with van der Waals surface area (Å²) in [6.07, 6.45) is 0. The fraction of sp³-hybridized carbons (Fsp3) is 0.143. The highest BCUT2D eigenvalue weighted by molar-refractivity contribution is 9.10. The third-order valence-corrected chi connectivity index (χ3v) is 2.18. The number of hydrogen-bond acceptors (Lipinski definition) is 1. The molecule has 1 aliphatic rings. The predicted octanol–water partition coefficient (Wildman–Crippen LogP) is 0.956. The molecule has 0 N–H and O–H groups in total. The highest BCUT2D eigenvalue weighted by Gasteiger charge is 2.11. The maximum absolute atomic E-state index is 5.25. The SMILES string of the molecule is Brc1ccc2c(c1)COB2. The van der Waals surface area contributed by atoms with Gasteiger partial charge in [-0.1, -0.05) is 22.0 Å². The summed E-state index contributed by atoms with van der Waals surface area (Å²) in [6.45, 7) is 0.773. The second kappa shape index (κ2) is 2.40. The second-order valence-corrected chi connectivity index (χ2v) is 3.32. The Morgan fingerprint density at radius 3 is 3.30 bits per heavy atom. The summed E-state index contributed by atoms with van der Waals surface area (Å²) in [4.78, 5) is 0. The number of benzene rings is 1. The Morgan fingerprint density at radius 2 is 2.40 bits per heavy atom. The zero-order valence-electron chi connectivity index (χ0n) is 5.43. The molecule has 0 unspecified atom stereocenters. The van der Waals surface area contributed by atoms with E-state index >= 15 is 0 Å². The van der Waals surface area contributed by atoms with Gasteiger partial charge < -0.3 is 4.65 Å². The van der Waals surface area contributed by atoms with Crippen LogP contribution >= 0.6 is 15.9 Å². The van der Waals surface area contributed by atoms with Crippen LogP contribution in [-0.4, -0.2) is 7.48 Å². The van der Waals surface area contributed by atoms with Gasteiger partial charge in [0.2, 0.25) is 0 Å². The van der Waals surface area contributed by atoms with Gasteiger partial charge in [0, 0.05) is 4.47 Å². The van der Waals surface area contributed by atoms with Gasteiger partial charge in [-0.05, 0) is 23.2 Å². The van der Waals surface area contributed by atoms with Crippen molar-refractivity contribution in [2.24, 2.45) is 0 Å². The third-order valence-electron chi connectivity index (χ3n) is 1.68. The molecule has 1 nitrogen and oxygen atoms in total. The molecule has 3 heteroatoms. The van der Waals surface area contributed by atoms with Crippen LogP contribution in [0.1, 0.15) is 5.56 Å². The molecule has 0 saturated heterocycles. The van der Waals surface area contributed by atoms with Crippen LogP contribution in [0.25, 0.3) is 0 Å².